The molecule has 0 saturated heterocycles. The summed E-state index contributed by atoms with van der Waals surface area (Å²) in [6, 6.07) is 4.87. The topological polar surface area (TPSA) is 96.5 Å². The van der Waals surface area contributed by atoms with Crippen molar-refractivity contribution < 1.29 is 14.7 Å². The monoisotopic (exact) mass is 293 g/mol. The summed E-state index contributed by atoms with van der Waals surface area (Å²) in [6.45, 7) is -0.420. The highest BCUT2D eigenvalue weighted by Crippen LogP contribution is 2.30. The van der Waals surface area contributed by atoms with Crippen molar-refractivity contribution in [3.63, 3.8) is 0 Å². The van der Waals surface area contributed by atoms with Crippen LogP contribution in [0, 0.1) is 0 Å². The lowest BCUT2D eigenvalue weighted by Gasteiger charge is -2.16. The van der Waals surface area contributed by atoms with Gasteiger partial charge < -0.3 is 15.7 Å². The molecular weight excluding hydrogens is 282 g/mol. The third kappa shape index (κ3) is 2.50. The van der Waals surface area contributed by atoms with E-state index in [4.69, 9.17) is 22.4 Å². The molecule has 0 aliphatic carbocycles. The fraction of sp³-hybridized carbons (Fsp3) is 0.154. The Hall–Kier alpha value is -2.34. The number of likely N-dealkylation sites (N-methyl/N-ethyl adjacent to an activating group) is 1. The van der Waals surface area contributed by atoms with E-state index in [1.807, 2.05) is 0 Å². The maximum atomic E-state index is 12.3. The standard InChI is InChI=1S/C13H12ClN3O3/c1-17(6-10(18)19)13(20)12-11-7(4-5-16-12)9(15)3-2-8(11)14/h2-5H,6,15H2,1H3,(H,18,19). The maximum Gasteiger partial charge on any atom is 0.323 e. The Labute approximate surface area is 119 Å². The Morgan fingerprint density at radius 1 is 1.40 bits per heavy atom. The first-order valence-electron chi connectivity index (χ1n) is 5.71. The maximum absolute atomic E-state index is 12.3. The lowest BCUT2D eigenvalue weighted by atomic mass is 10.1. The second-order valence-electron chi connectivity index (χ2n) is 4.27. The number of carbonyl (C=O) groups excluding carboxylic acids is 1. The summed E-state index contributed by atoms with van der Waals surface area (Å²) in [4.78, 5) is 28.0. The quantitative estimate of drug-likeness (QED) is 0.838. The van der Waals surface area contributed by atoms with Crippen molar-refractivity contribution in [3.8, 4) is 0 Å². The van der Waals surface area contributed by atoms with E-state index in [9.17, 15) is 9.59 Å². The average molecular weight is 294 g/mol. The van der Waals surface area contributed by atoms with E-state index in [2.05, 4.69) is 4.98 Å². The van der Waals surface area contributed by atoms with Crippen molar-refractivity contribution >= 4 is 39.9 Å². The van der Waals surface area contributed by atoms with Gasteiger partial charge in [0.05, 0.1) is 5.02 Å². The molecule has 0 saturated carbocycles. The lowest BCUT2D eigenvalue weighted by molar-refractivity contribution is -0.137. The van der Waals surface area contributed by atoms with E-state index in [0.29, 0.717) is 21.5 Å². The number of carboxylic acids is 1. The van der Waals surface area contributed by atoms with Gasteiger partial charge in [-0.3, -0.25) is 14.6 Å². The fourth-order valence-electron chi connectivity index (χ4n) is 1.90. The van der Waals surface area contributed by atoms with Gasteiger partial charge in [-0.15, -0.1) is 0 Å². The van der Waals surface area contributed by atoms with Gasteiger partial charge in [0, 0.05) is 29.7 Å². The number of rotatable bonds is 3. The second kappa shape index (κ2) is 5.34. The molecule has 0 bridgehead atoms. The summed E-state index contributed by atoms with van der Waals surface area (Å²) in [5, 5.41) is 10.1. The number of halogens is 1. The van der Waals surface area contributed by atoms with Gasteiger partial charge in [-0.2, -0.15) is 0 Å². The van der Waals surface area contributed by atoms with Gasteiger partial charge in [-0.1, -0.05) is 11.6 Å². The molecule has 20 heavy (non-hydrogen) atoms. The zero-order valence-corrected chi connectivity index (χ0v) is 11.4. The number of aromatic nitrogens is 1. The first kappa shape index (κ1) is 14.1. The molecule has 0 aliphatic rings. The van der Waals surface area contributed by atoms with Gasteiger partial charge in [0.1, 0.15) is 12.2 Å². The molecule has 3 N–H and O–H groups in total. The number of amides is 1. The Kier molecular flexibility index (Phi) is 3.76. The number of benzene rings is 1. The van der Waals surface area contributed by atoms with Gasteiger partial charge in [0.25, 0.3) is 5.91 Å². The van der Waals surface area contributed by atoms with Crippen LogP contribution in [0.1, 0.15) is 10.5 Å². The van der Waals surface area contributed by atoms with Gasteiger partial charge in [0.15, 0.2) is 0 Å². The molecule has 0 unspecified atom stereocenters. The van der Waals surface area contributed by atoms with Crippen LogP contribution in [0.4, 0.5) is 5.69 Å². The normalized spacial score (nSPS) is 10.5. The molecule has 1 amide bonds. The van der Waals surface area contributed by atoms with Crippen molar-refractivity contribution in [1.82, 2.24) is 9.88 Å². The van der Waals surface area contributed by atoms with E-state index in [1.165, 1.54) is 13.2 Å². The number of carboxylic acid groups (broad SMARTS) is 1. The molecular formula is C13H12ClN3O3. The van der Waals surface area contributed by atoms with Gasteiger partial charge in [-0.05, 0) is 18.2 Å². The third-order valence-corrected chi connectivity index (χ3v) is 3.15. The Balaban J connectivity index is 2.58. The van der Waals surface area contributed by atoms with Crippen LogP contribution < -0.4 is 5.73 Å². The predicted molar refractivity (Wildman–Crippen MR) is 75.8 cm³/mol. The van der Waals surface area contributed by atoms with Crippen molar-refractivity contribution in [1.29, 1.82) is 0 Å². The number of anilines is 1. The van der Waals surface area contributed by atoms with Crippen LogP contribution in [0.2, 0.25) is 5.02 Å². The SMILES string of the molecule is CN(CC(=O)O)C(=O)c1nccc2c(N)ccc(Cl)c12. The molecule has 1 aromatic carbocycles. The van der Waals surface area contributed by atoms with Crippen LogP contribution in [0.25, 0.3) is 10.8 Å². The molecule has 104 valence electrons. The largest absolute Gasteiger partial charge is 0.480 e. The molecule has 0 fully saturated rings. The molecule has 0 radical (unpaired) electrons. The molecule has 0 atom stereocenters. The highest BCUT2D eigenvalue weighted by Gasteiger charge is 2.20. The lowest BCUT2D eigenvalue weighted by Crippen LogP contribution is -2.32. The van der Waals surface area contributed by atoms with E-state index < -0.39 is 18.4 Å². The molecule has 7 heteroatoms. The number of pyridine rings is 1. The predicted octanol–water partition coefficient (Wildman–Crippen LogP) is 1.63. The third-order valence-electron chi connectivity index (χ3n) is 2.83. The number of carbonyl (C=O) groups is 2. The van der Waals surface area contributed by atoms with E-state index in [1.54, 1.807) is 18.2 Å². The number of hydrogen-bond donors (Lipinski definition) is 2. The summed E-state index contributed by atoms with van der Waals surface area (Å²) in [5.41, 5.74) is 6.41. The molecule has 0 spiro atoms. The summed E-state index contributed by atoms with van der Waals surface area (Å²) < 4.78 is 0. The smallest absolute Gasteiger partial charge is 0.323 e. The molecule has 2 rings (SSSR count). The Morgan fingerprint density at radius 3 is 2.75 bits per heavy atom. The van der Waals surface area contributed by atoms with Crippen molar-refractivity contribution in [2.24, 2.45) is 0 Å². The zero-order chi connectivity index (χ0) is 14.9. The van der Waals surface area contributed by atoms with Gasteiger partial charge in [0.2, 0.25) is 0 Å². The van der Waals surface area contributed by atoms with Gasteiger partial charge in [-0.25, -0.2) is 0 Å². The average Bonchev–Trinajstić information content (AvgIpc) is 2.41. The summed E-state index contributed by atoms with van der Waals surface area (Å²) in [7, 11) is 1.39. The molecule has 6 nitrogen and oxygen atoms in total. The molecule has 0 aliphatic heterocycles. The number of fused-ring (bicyclic) bond motifs is 1. The van der Waals surface area contributed by atoms with Crippen molar-refractivity contribution in [2.75, 3.05) is 19.3 Å². The first-order valence-corrected chi connectivity index (χ1v) is 6.09. The summed E-state index contributed by atoms with van der Waals surface area (Å²) in [6.07, 6.45) is 1.44. The number of aliphatic carboxylic acids is 1. The molecule has 1 heterocycles. The minimum atomic E-state index is -1.10. The fourth-order valence-corrected chi connectivity index (χ4v) is 2.15. The van der Waals surface area contributed by atoms with Crippen molar-refractivity contribution in [2.45, 2.75) is 0 Å². The van der Waals surface area contributed by atoms with E-state index in [-0.39, 0.29) is 5.69 Å². The van der Waals surface area contributed by atoms with Crippen LogP contribution in [0.15, 0.2) is 24.4 Å². The Morgan fingerprint density at radius 2 is 2.10 bits per heavy atom. The van der Waals surface area contributed by atoms with E-state index in [0.717, 1.165) is 4.90 Å². The zero-order valence-electron chi connectivity index (χ0n) is 10.6. The van der Waals surface area contributed by atoms with Crippen LogP contribution in [-0.4, -0.2) is 40.5 Å². The molecule has 1 aromatic heterocycles. The van der Waals surface area contributed by atoms with E-state index >= 15 is 0 Å². The number of nitrogens with zero attached hydrogens (tertiary/aromatic N) is 2. The molecule has 2 aromatic rings. The number of hydrogen-bond acceptors (Lipinski definition) is 4. The Bertz CT molecular complexity index is 703. The highest BCUT2D eigenvalue weighted by molar-refractivity contribution is 6.37. The van der Waals surface area contributed by atoms with Gasteiger partial charge >= 0.3 is 5.97 Å². The number of nitrogen functional groups attached to an aromatic ring is 1. The highest BCUT2D eigenvalue weighted by atomic mass is 35.5. The minimum Gasteiger partial charge on any atom is -0.480 e. The summed E-state index contributed by atoms with van der Waals surface area (Å²) in [5.74, 6) is -1.63. The van der Waals surface area contributed by atoms with Crippen LogP contribution in [0.5, 0.6) is 0 Å². The first-order chi connectivity index (χ1) is 9.41. The minimum absolute atomic E-state index is 0.0866. The summed E-state index contributed by atoms with van der Waals surface area (Å²) >= 11 is 6.11. The second-order valence-corrected chi connectivity index (χ2v) is 4.68. The number of nitrogens with two attached hydrogens (primary N) is 1. The van der Waals surface area contributed by atoms with Crippen LogP contribution >= 0.6 is 11.6 Å². The van der Waals surface area contributed by atoms with Crippen molar-refractivity contribution in [3.05, 3.63) is 35.1 Å². The van der Waals surface area contributed by atoms with Crippen LogP contribution in [0.3, 0.4) is 0 Å². The van der Waals surface area contributed by atoms with Crippen LogP contribution in [-0.2, 0) is 4.79 Å².